The van der Waals surface area contributed by atoms with Gasteiger partial charge >= 0.3 is 0 Å². The Labute approximate surface area is 126 Å². The molecule has 0 atom stereocenters. The summed E-state index contributed by atoms with van der Waals surface area (Å²) in [6.45, 7) is 4.46. The lowest BCUT2D eigenvalue weighted by molar-refractivity contribution is 0.237. The van der Waals surface area contributed by atoms with Crippen LogP contribution >= 0.6 is 0 Å². The number of rotatable bonds is 6. The average molecular weight is 282 g/mol. The van der Waals surface area contributed by atoms with E-state index in [1.165, 1.54) is 11.1 Å². The highest BCUT2D eigenvalue weighted by Gasteiger charge is 2.17. The summed E-state index contributed by atoms with van der Waals surface area (Å²) in [4.78, 5) is 2.48. The minimum absolute atomic E-state index is 0.525. The fraction of sp³-hybridized carbons (Fsp3) is 0.333. The summed E-state index contributed by atoms with van der Waals surface area (Å²) in [7, 11) is 0. The van der Waals surface area contributed by atoms with Crippen LogP contribution in [-0.4, -0.2) is 18.1 Å². The van der Waals surface area contributed by atoms with Crippen molar-refractivity contribution in [2.75, 3.05) is 13.2 Å². The second-order valence-corrected chi connectivity index (χ2v) is 5.49. The van der Waals surface area contributed by atoms with E-state index >= 15 is 0 Å². The molecule has 1 aliphatic heterocycles. The van der Waals surface area contributed by atoms with Crippen LogP contribution in [0, 0.1) is 0 Å². The third-order valence-electron chi connectivity index (χ3n) is 3.98. The van der Waals surface area contributed by atoms with Crippen molar-refractivity contribution in [3.8, 4) is 5.75 Å². The third-order valence-corrected chi connectivity index (χ3v) is 3.98. The first-order valence-electron chi connectivity index (χ1n) is 7.57. The second kappa shape index (κ2) is 6.74. The topological polar surface area (TPSA) is 38.5 Å². The lowest BCUT2D eigenvalue weighted by Gasteiger charge is -2.15. The van der Waals surface area contributed by atoms with Crippen molar-refractivity contribution >= 4 is 0 Å². The van der Waals surface area contributed by atoms with Crippen molar-refractivity contribution in [3.63, 3.8) is 0 Å². The monoisotopic (exact) mass is 282 g/mol. The molecular formula is C18H22N2O. The summed E-state index contributed by atoms with van der Waals surface area (Å²) < 4.78 is 5.86. The standard InChI is InChI=1S/C18H22N2O/c19-12-15-6-3-4-9-18(15)21-11-5-10-20-13-16-7-1-2-8-17(16)14-20/h1-4,6-9H,5,10-14,19H2. The maximum atomic E-state index is 5.86. The number of nitrogens with two attached hydrogens (primary N) is 1. The van der Waals surface area contributed by atoms with E-state index in [0.717, 1.165) is 44.0 Å². The van der Waals surface area contributed by atoms with Crippen molar-refractivity contribution < 1.29 is 4.74 Å². The molecule has 0 amide bonds. The average Bonchev–Trinajstić information content (AvgIpc) is 2.94. The predicted molar refractivity (Wildman–Crippen MR) is 85.0 cm³/mol. The summed E-state index contributed by atoms with van der Waals surface area (Å²) in [5.41, 5.74) is 9.72. The minimum Gasteiger partial charge on any atom is -0.493 e. The highest BCUT2D eigenvalue weighted by Crippen LogP contribution is 2.22. The van der Waals surface area contributed by atoms with Crippen molar-refractivity contribution in [1.29, 1.82) is 0 Å². The van der Waals surface area contributed by atoms with Gasteiger partial charge in [-0.15, -0.1) is 0 Å². The van der Waals surface area contributed by atoms with Crippen LogP contribution in [0.4, 0.5) is 0 Å². The van der Waals surface area contributed by atoms with E-state index < -0.39 is 0 Å². The van der Waals surface area contributed by atoms with Gasteiger partial charge in [0.2, 0.25) is 0 Å². The largest absolute Gasteiger partial charge is 0.493 e. The quantitative estimate of drug-likeness (QED) is 0.828. The van der Waals surface area contributed by atoms with Gasteiger partial charge in [0.1, 0.15) is 5.75 Å². The summed E-state index contributed by atoms with van der Waals surface area (Å²) in [5.74, 6) is 0.921. The van der Waals surface area contributed by atoms with Gasteiger partial charge in [0.25, 0.3) is 0 Å². The molecule has 2 aromatic carbocycles. The van der Waals surface area contributed by atoms with Crippen LogP contribution in [0.25, 0.3) is 0 Å². The zero-order valence-electron chi connectivity index (χ0n) is 12.3. The van der Waals surface area contributed by atoms with E-state index in [1.54, 1.807) is 0 Å². The molecule has 0 saturated heterocycles. The summed E-state index contributed by atoms with van der Waals surface area (Å²) in [6, 6.07) is 16.7. The van der Waals surface area contributed by atoms with Gasteiger partial charge in [-0.25, -0.2) is 0 Å². The number of hydrogen-bond acceptors (Lipinski definition) is 3. The van der Waals surface area contributed by atoms with Gasteiger partial charge in [-0.05, 0) is 23.6 Å². The van der Waals surface area contributed by atoms with Crippen molar-refractivity contribution in [3.05, 3.63) is 65.2 Å². The van der Waals surface area contributed by atoms with E-state index in [9.17, 15) is 0 Å². The Morgan fingerprint density at radius 2 is 1.62 bits per heavy atom. The van der Waals surface area contributed by atoms with Gasteiger partial charge < -0.3 is 10.5 Å². The van der Waals surface area contributed by atoms with Crippen molar-refractivity contribution in [2.45, 2.75) is 26.1 Å². The number of para-hydroxylation sites is 1. The van der Waals surface area contributed by atoms with Gasteiger partial charge in [0.05, 0.1) is 6.61 Å². The molecule has 0 saturated carbocycles. The molecule has 0 radical (unpaired) electrons. The molecule has 3 rings (SSSR count). The molecule has 0 spiro atoms. The molecule has 0 fully saturated rings. The molecular weight excluding hydrogens is 260 g/mol. The molecule has 110 valence electrons. The van der Waals surface area contributed by atoms with E-state index in [0.29, 0.717) is 6.54 Å². The number of benzene rings is 2. The Bertz CT molecular complexity index is 572. The highest BCUT2D eigenvalue weighted by molar-refractivity contribution is 5.33. The van der Waals surface area contributed by atoms with E-state index in [4.69, 9.17) is 10.5 Å². The fourth-order valence-electron chi connectivity index (χ4n) is 2.85. The first-order valence-corrected chi connectivity index (χ1v) is 7.57. The molecule has 21 heavy (non-hydrogen) atoms. The van der Waals surface area contributed by atoms with Gasteiger partial charge in [0.15, 0.2) is 0 Å². The fourth-order valence-corrected chi connectivity index (χ4v) is 2.85. The van der Waals surface area contributed by atoms with Gasteiger partial charge in [-0.2, -0.15) is 0 Å². The molecule has 0 unspecified atom stereocenters. The normalized spacial score (nSPS) is 14.1. The van der Waals surface area contributed by atoms with Crippen molar-refractivity contribution in [2.24, 2.45) is 5.73 Å². The highest BCUT2D eigenvalue weighted by atomic mass is 16.5. The van der Waals surface area contributed by atoms with Crippen LogP contribution in [0.3, 0.4) is 0 Å². The molecule has 1 aliphatic rings. The molecule has 3 heteroatoms. The lowest BCUT2D eigenvalue weighted by Crippen LogP contribution is -2.19. The van der Waals surface area contributed by atoms with Gasteiger partial charge in [0, 0.05) is 31.7 Å². The molecule has 0 aromatic heterocycles. The van der Waals surface area contributed by atoms with E-state index in [1.807, 2.05) is 24.3 Å². The van der Waals surface area contributed by atoms with Gasteiger partial charge in [-0.3, -0.25) is 4.90 Å². The smallest absolute Gasteiger partial charge is 0.123 e. The molecule has 0 aliphatic carbocycles. The Hall–Kier alpha value is -1.84. The van der Waals surface area contributed by atoms with Crippen molar-refractivity contribution in [1.82, 2.24) is 4.90 Å². The molecule has 0 bridgehead atoms. The zero-order valence-corrected chi connectivity index (χ0v) is 12.3. The molecule has 1 heterocycles. The Kier molecular flexibility index (Phi) is 4.53. The molecule has 3 nitrogen and oxygen atoms in total. The molecule has 2 aromatic rings. The summed E-state index contributed by atoms with van der Waals surface area (Å²) in [6.07, 6.45) is 1.03. The first kappa shape index (κ1) is 14.1. The maximum absolute atomic E-state index is 5.86. The Morgan fingerprint density at radius 3 is 2.33 bits per heavy atom. The van der Waals surface area contributed by atoms with Gasteiger partial charge in [-0.1, -0.05) is 42.5 Å². The number of nitrogens with zero attached hydrogens (tertiary/aromatic N) is 1. The number of ether oxygens (including phenoxy) is 1. The van der Waals surface area contributed by atoms with Crippen LogP contribution in [0.15, 0.2) is 48.5 Å². The Balaban J connectivity index is 1.44. The summed E-state index contributed by atoms with van der Waals surface area (Å²) >= 11 is 0. The third kappa shape index (κ3) is 3.43. The maximum Gasteiger partial charge on any atom is 0.123 e. The van der Waals surface area contributed by atoms with Crippen LogP contribution in [0.1, 0.15) is 23.1 Å². The first-order chi connectivity index (χ1) is 10.4. The second-order valence-electron chi connectivity index (χ2n) is 5.49. The van der Waals surface area contributed by atoms with Crippen LogP contribution in [-0.2, 0) is 19.6 Å². The SMILES string of the molecule is NCc1ccccc1OCCCN1Cc2ccccc2C1. The molecule has 2 N–H and O–H groups in total. The van der Waals surface area contributed by atoms with E-state index in [2.05, 4.69) is 29.2 Å². The van der Waals surface area contributed by atoms with Crippen LogP contribution in [0.2, 0.25) is 0 Å². The van der Waals surface area contributed by atoms with Crippen LogP contribution < -0.4 is 10.5 Å². The number of hydrogen-bond donors (Lipinski definition) is 1. The predicted octanol–water partition coefficient (Wildman–Crippen LogP) is 2.93. The minimum atomic E-state index is 0.525. The van der Waals surface area contributed by atoms with E-state index in [-0.39, 0.29) is 0 Å². The van der Waals surface area contributed by atoms with Crippen LogP contribution in [0.5, 0.6) is 5.75 Å². The number of fused-ring (bicyclic) bond motifs is 1. The lowest BCUT2D eigenvalue weighted by atomic mass is 10.1. The zero-order chi connectivity index (χ0) is 14.5. The Morgan fingerprint density at radius 1 is 0.952 bits per heavy atom. The summed E-state index contributed by atoms with van der Waals surface area (Å²) in [5, 5.41) is 0.